The van der Waals surface area contributed by atoms with Crippen molar-refractivity contribution in [1.29, 1.82) is 0 Å². The Bertz CT molecular complexity index is 369. The van der Waals surface area contributed by atoms with E-state index >= 15 is 0 Å². The van der Waals surface area contributed by atoms with Crippen molar-refractivity contribution in [2.75, 3.05) is 26.8 Å². The molecule has 0 spiro atoms. The topological polar surface area (TPSA) is 67.8 Å². The summed E-state index contributed by atoms with van der Waals surface area (Å²) in [5, 5.41) is 12.5. The van der Waals surface area contributed by atoms with Gasteiger partial charge in [0.2, 0.25) is 0 Å². The molecular formula is C14H21NO4. The number of esters is 1. The maximum absolute atomic E-state index is 10.8. The lowest BCUT2D eigenvalue weighted by Gasteiger charge is -2.17. The van der Waals surface area contributed by atoms with E-state index in [0.717, 1.165) is 5.56 Å². The minimum Gasteiger partial charge on any atom is -0.468 e. The van der Waals surface area contributed by atoms with E-state index in [2.05, 4.69) is 10.1 Å². The maximum atomic E-state index is 10.8. The van der Waals surface area contributed by atoms with Crippen LogP contribution < -0.4 is 5.32 Å². The number of aliphatic hydroxyl groups excluding tert-OH is 1. The largest absolute Gasteiger partial charge is 0.468 e. The smallest absolute Gasteiger partial charge is 0.319 e. The zero-order valence-corrected chi connectivity index (χ0v) is 11.3. The van der Waals surface area contributed by atoms with E-state index in [1.54, 1.807) is 0 Å². The number of ether oxygens (including phenoxy) is 2. The number of benzene rings is 1. The van der Waals surface area contributed by atoms with Gasteiger partial charge >= 0.3 is 5.97 Å². The molecule has 5 nitrogen and oxygen atoms in total. The first-order valence-electron chi connectivity index (χ1n) is 6.25. The molecule has 0 radical (unpaired) electrons. The van der Waals surface area contributed by atoms with Gasteiger partial charge in [-0.2, -0.15) is 0 Å². The summed E-state index contributed by atoms with van der Waals surface area (Å²) >= 11 is 0. The Balaban J connectivity index is 2.19. The first kappa shape index (κ1) is 15.6. The van der Waals surface area contributed by atoms with Crippen LogP contribution in [0.2, 0.25) is 0 Å². The molecule has 0 saturated heterocycles. The number of aliphatic hydroxyl groups is 1. The summed E-state index contributed by atoms with van der Waals surface area (Å²) in [5.41, 5.74) is 1.07. The molecule has 1 aromatic carbocycles. The number of methoxy groups -OCH3 is 1. The minimum atomic E-state index is -0.657. The zero-order chi connectivity index (χ0) is 14.1. The Labute approximate surface area is 113 Å². The van der Waals surface area contributed by atoms with Crippen LogP contribution in [-0.4, -0.2) is 44.0 Å². The molecule has 2 atom stereocenters. The van der Waals surface area contributed by atoms with Crippen molar-refractivity contribution in [1.82, 2.24) is 5.32 Å². The highest BCUT2D eigenvalue weighted by molar-refractivity contribution is 5.71. The standard InChI is InChI=1S/C14H21NO4/c1-11(12-6-4-3-5-7-12)19-10-13(16)8-15-9-14(17)18-2/h3-7,11,13,15-16H,8-10H2,1-2H3. The van der Waals surface area contributed by atoms with Crippen molar-refractivity contribution in [2.45, 2.75) is 19.1 Å². The number of nitrogens with one attached hydrogen (secondary N) is 1. The van der Waals surface area contributed by atoms with Crippen molar-refractivity contribution in [3.8, 4) is 0 Å². The third kappa shape index (κ3) is 6.33. The van der Waals surface area contributed by atoms with E-state index in [1.807, 2.05) is 37.3 Å². The second kappa shape index (κ2) is 8.63. The molecule has 0 aromatic heterocycles. The van der Waals surface area contributed by atoms with E-state index in [-0.39, 0.29) is 31.8 Å². The van der Waals surface area contributed by atoms with Crippen LogP contribution in [0.1, 0.15) is 18.6 Å². The summed E-state index contributed by atoms with van der Waals surface area (Å²) in [7, 11) is 1.32. The summed E-state index contributed by atoms with van der Waals surface area (Å²) in [5.74, 6) is -0.356. The molecule has 0 aliphatic carbocycles. The van der Waals surface area contributed by atoms with Gasteiger partial charge < -0.3 is 19.9 Å². The van der Waals surface area contributed by atoms with Gasteiger partial charge in [-0.1, -0.05) is 30.3 Å². The molecule has 1 aromatic rings. The lowest BCUT2D eigenvalue weighted by atomic mass is 10.1. The van der Waals surface area contributed by atoms with E-state index in [0.29, 0.717) is 0 Å². The Kier molecular flexibility index (Phi) is 7.10. The third-order valence-corrected chi connectivity index (χ3v) is 2.68. The number of hydrogen-bond donors (Lipinski definition) is 2. The SMILES string of the molecule is COC(=O)CNCC(O)COC(C)c1ccccc1. The summed E-state index contributed by atoms with van der Waals surface area (Å²) in [4.78, 5) is 10.8. The van der Waals surface area contributed by atoms with Crippen LogP contribution in [0, 0.1) is 0 Å². The van der Waals surface area contributed by atoms with Gasteiger partial charge in [-0.15, -0.1) is 0 Å². The summed E-state index contributed by atoms with van der Waals surface area (Å²) in [6.45, 7) is 2.52. The predicted octanol–water partition coefficient (Wildman–Crippen LogP) is 0.888. The fourth-order valence-electron chi connectivity index (χ4n) is 1.55. The number of hydrogen-bond acceptors (Lipinski definition) is 5. The van der Waals surface area contributed by atoms with Crippen LogP contribution in [0.4, 0.5) is 0 Å². The van der Waals surface area contributed by atoms with Crippen molar-refractivity contribution >= 4 is 5.97 Å². The molecule has 2 N–H and O–H groups in total. The molecule has 5 heteroatoms. The molecule has 0 aliphatic rings. The van der Waals surface area contributed by atoms with Gasteiger partial charge in [0.15, 0.2) is 0 Å². The first-order chi connectivity index (χ1) is 9.13. The van der Waals surface area contributed by atoms with Crippen LogP contribution in [0.25, 0.3) is 0 Å². The Morgan fingerprint density at radius 1 is 1.37 bits per heavy atom. The molecule has 1 rings (SSSR count). The summed E-state index contributed by atoms with van der Waals surface area (Å²) < 4.78 is 10.0. The van der Waals surface area contributed by atoms with Crippen LogP contribution in [0.3, 0.4) is 0 Å². The average Bonchev–Trinajstić information content (AvgIpc) is 2.45. The Morgan fingerprint density at radius 2 is 2.05 bits per heavy atom. The second-order valence-electron chi connectivity index (χ2n) is 4.25. The fourth-order valence-corrected chi connectivity index (χ4v) is 1.55. The van der Waals surface area contributed by atoms with Crippen molar-refractivity contribution in [3.63, 3.8) is 0 Å². The van der Waals surface area contributed by atoms with E-state index in [4.69, 9.17) is 4.74 Å². The molecule has 0 aliphatic heterocycles. The third-order valence-electron chi connectivity index (χ3n) is 2.68. The highest BCUT2D eigenvalue weighted by Gasteiger charge is 2.10. The monoisotopic (exact) mass is 267 g/mol. The molecule has 106 valence electrons. The summed E-state index contributed by atoms with van der Waals surface area (Å²) in [6, 6.07) is 9.80. The van der Waals surface area contributed by atoms with Gasteiger partial charge in [-0.25, -0.2) is 0 Å². The lowest BCUT2D eigenvalue weighted by Crippen LogP contribution is -2.34. The van der Waals surface area contributed by atoms with Crippen LogP contribution in [-0.2, 0) is 14.3 Å². The predicted molar refractivity (Wildman–Crippen MR) is 71.7 cm³/mol. The highest BCUT2D eigenvalue weighted by atomic mass is 16.5. The molecule has 0 bridgehead atoms. The zero-order valence-electron chi connectivity index (χ0n) is 11.3. The van der Waals surface area contributed by atoms with E-state index < -0.39 is 6.10 Å². The Morgan fingerprint density at radius 3 is 2.68 bits per heavy atom. The van der Waals surface area contributed by atoms with E-state index in [9.17, 15) is 9.90 Å². The molecule has 0 heterocycles. The molecule has 19 heavy (non-hydrogen) atoms. The quantitative estimate of drug-likeness (QED) is 0.685. The van der Waals surface area contributed by atoms with Gasteiger partial charge in [-0.05, 0) is 12.5 Å². The van der Waals surface area contributed by atoms with Crippen LogP contribution >= 0.6 is 0 Å². The minimum absolute atomic E-state index is 0.0727. The lowest BCUT2D eigenvalue weighted by molar-refractivity contribution is -0.139. The van der Waals surface area contributed by atoms with Crippen molar-refractivity contribution in [3.05, 3.63) is 35.9 Å². The number of rotatable bonds is 8. The van der Waals surface area contributed by atoms with E-state index in [1.165, 1.54) is 7.11 Å². The van der Waals surface area contributed by atoms with Crippen LogP contribution in [0.15, 0.2) is 30.3 Å². The molecule has 0 amide bonds. The second-order valence-corrected chi connectivity index (χ2v) is 4.25. The number of carbonyl (C=O) groups excluding carboxylic acids is 1. The summed E-state index contributed by atoms with van der Waals surface area (Å²) in [6.07, 6.45) is -0.729. The fraction of sp³-hybridized carbons (Fsp3) is 0.500. The van der Waals surface area contributed by atoms with Crippen molar-refractivity contribution < 1.29 is 19.4 Å². The van der Waals surface area contributed by atoms with Crippen molar-refractivity contribution in [2.24, 2.45) is 0 Å². The molecular weight excluding hydrogens is 246 g/mol. The maximum Gasteiger partial charge on any atom is 0.319 e. The van der Waals surface area contributed by atoms with Gasteiger partial charge in [0.05, 0.1) is 32.5 Å². The van der Waals surface area contributed by atoms with Gasteiger partial charge in [0.1, 0.15) is 0 Å². The normalized spacial score (nSPS) is 13.8. The molecule has 2 unspecified atom stereocenters. The van der Waals surface area contributed by atoms with Crippen LogP contribution in [0.5, 0.6) is 0 Å². The Hall–Kier alpha value is -1.43. The van der Waals surface area contributed by atoms with Gasteiger partial charge in [-0.3, -0.25) is 4.79 Å². The number of carbonyl (C=O) groups is 1. The first-order valence-corrected chi connectivity index (χ1v) is 6.25. The molecule has 0 saturated carbocycles. The van der Waals surface area contributed by atoms with Gasteiger partial charge in [0.25, 0.3) is 0 Å². The average molecular weight is 267 g/mol. The highest BCUT2D eigenvalue weighted by Crippen LogP contribution is 2.15. The molecule has 0 fully saturated rings. The van der Waals surface area contributed by atoms with Gasteiger partial charge in [0, 0.05) is 6.54 Å².